The van der Waals surface area contributed by atoms with Gasteiger partial charge in [0, 0.05) is 17.0 Å². The van der Waals surface area contributed by atoms with E-state index in [1.807, 2.05) is 4.90 Å². The number of alkyl halides is 3. The van der Waals surface area contributed by atoms with Crippen molar-refractivity contribution in [1.29, 1.82) is 0 Å². The second kappa shape index (κ2) is 7.37. The van der Waals surface area contributed by atoms with E-state index in [0.717, 1.165) is 30.9 Å². The average molecular weight is 467 g/mol. The van der Waals surface area contributed by atoms with Crippen molar-refractivity contribution in [1.82, 2.24) is 29.9 Å². The number of halogens is 3. The van der Waals surface area contributed by atoms with Gasteiger partial charge in [0.05, 0.1) is 17.1 Å². The summed E-state index contributed by atoms with van der Waals surface area (Å²) < 4.78 is 40.9. The average Bonchev–Trinajstić information content (AvgIpc) is 3.42. The Morgan fingerprint density at radius 2 is 1.94 bits per heavy atom. The first kappa shape index (κ1) is 20.8. The first-order chi connectivity index (χ1) is 16.3. The third-order valence-corrected chi connectivity index (χ3v) is 6.96. The highest BCUT2D eigenvalue weighted by Crippen LogP contribution is 2.43. The SMILES string of the molecule is Nc1nc2ccc(C(=O)N(C3CCC3)C3CCc4cc(C(F)(F)F)ccc43)cc2c2nnnn12. The molecule has 1 fully saturated rings. The lowest BCUT2D eigenvalue weighted by molar-refractivity contribution is -0.137. The van der Waals surface area contributed by atoms with Gasteiger partial charge in [-0.25, -0.2) is 4.98 Å². The molecule has 8 nitrogen and oxygen atoms in total. The number of aryl methyl sites for hydroxylation is 1. The molecule has 174 valence electrons. The number of amides is 1. The maximum atomic E-state index is 13.8. The maximum absolute atomic E-state index is 13.8. The highest BCUT2D eigenvalue weighted by atomic mass is 19.4. The van der Waals surface area contributed by atoms with E-state index < -0.39 is 11.7 Å². The first-order valence-electron chi connectivity index (χ1n) is 11.1. The van der Waals surface area contributed by atoms with E-state index in [-0.39, 0.29) is 23.9 Å². The number of nitrogen functional groups attached to an aromatic ring is 1. The van der Waals surface area contributed by atoms with Crippen LogP contribution in [0.2, 0.25) is 0 Å². The van der Waals surface area contributed by atoms with Gasteiger partial charge in [0.2, 0.25) is 5.95 Å². The Bertz CT molecular complexity index is 1440. The van der Waals surface area contributed by atoms with Crippen LogP contribution in [-0.2, 0) is 12.6 Å². The van der Waals surface area contributed by atoms with Crippen LogP contribution in [0.3, 0.4) is 0 Å². The second-order valence-corrected chi connectivity index (χ2v) is 8.88. The number of fused-ring (bicyclic) bond motifs is 4. The molecule has 2 aliphatic carbocycles. The monoisotopic (exact) mass is 467 g/mol. The minimum Gasteiger partial charge on any atom is -0.368 e. The van der Waals surface area contributed by atoms with Crippen LogP contribution in [0, 0.1) is 0 Å². The largest absolute Gasteiger partial charge is 0.416 e. The Balaban J connectivity index is 1.40. The van der Waals surface area contributed by atoms with Gasteiger partial charge in [0.1, 0.15) is 0 Å². The molecule has 0 bridgehead atoms. The van der Waals surface area contributed by atoms with Crippen LogP contribution in [0.1, 0.15) is 58.8 Å². The van der Waals surface area contributed by atoms with E-state index in [2.05, 4.69) is 20.5 Å². The minimum absolute atomic E-state index is 0.0563. The fraction of sp³-hybridized carbons (Fsp3) is 0.348. The number of aromatic nitrogens is 5. The summed E-state index contributed by atoms with van der Waals surface area (Å²) in [4.78, 5) is 20.0. The molecule has 1 amide bonds. The van der Waals surface area contributed by atoms with Gasteiger partial charge in [-0.3, -0.25) is 4.79 Å². The molecule has 2 aromatic heterocycles. The van der Waals surface area contributed by atoms with Crippen LogP contribution in [0.25, 0.3) is 16.6 Å². The van der Waals surface area contributed by atoms with Crippen molar-refractivity contribution in [3.05, 3.63) is 58.7 Å². The zero-order chi connectivity index (χ0) is 23.6. The fourth-order valence-electron chi connectivity index (χ4n) is 5.06. The van der Waals surface area contributed by atoms with Crippen molar-refractivity contribution < 1.29 is 18.0 Å². The normalized spacial score (nSPS) is 18.3. The molecule has 6 rings (SSSR count). The topological polar surface area (TPSA) is 102 Å². The predicted octanol–water partition coefficient (Wildman–Crippen LogP) is 3.96. The molecule has 1 unspecified atom stereocenters. The molecule has 2 N–H and O–H groups in total. The molecule has 0 radical (unpaired) electrons. The van der Waals surface area contributed by atoms with Crippen molar-refractivity contribution in [2.45, 2.75) is 50.4 Å². The molecule has 1 saturated carbocycles. The summed E-state index contributed by atoms with van der Waals surface area (Å²) in [6.07, 6.45) is -0.504. The standard InChI is InChI=1S/C23H20F3N7O/c24-23(25,26)14-6-7-16-12(10-14)5-9-19(16)32(15-2-1-3-15)21(34)13-4-8-18-17(11-13)20-29-30-31-33(20)22(27)28-18/h4,6-8,10-11,15,19H,1-3,5,9H2,(H2,27,28). The van der Waals surface area contributed by atoms with Crippen molar-refractivity contribution >= 4 is 28.4 Å². The van der Waals surface area contributed by atoms with Crippen molar-refractivity contribution in [3.63, 3.8) is 0 Å². The zero-order valence-corrected chi connectivity index (χ0v) is 18.0. The van der Waals surface area contributed by atoms with E-state index in [0.29, 0.717) is 40.5 Å². The highest BCUT2D eigenvalue weighted by Gasteiger charge is 2.40. The van der Waals surface area contributed by atoms with Gasteiger partial charge < -0.3 is 10.6 Å². The number of nitrogens with two attached hydrogens (primary N) is 1. The van der Waals surface area contributed by atoms with Crippen LogP contribution in [0.5, 0.6) is 0 Å². The number of hydrogen-bond donors (Lipinski definition) is 1. The summed E-state index contributed by atoms with van der Waals surface area (Å²) in [5.41, 5.74) is 8.14. The van der Waals surface area contributed by atoms with Gasteiger partial charge in [0.15, 0.2) is 5.65 Å². The summed E-state index contributed by atoms with van der Waals surface area (Å²) in [5.74, 6) is -0.0183. The Kier molecular flexibility index (Phi) is 4.51. The molecular formula is C23H20F3N7O. The maximum Gasteiger partial charge on any atom is 0.416 e. The van der Waals surface area contributed by atoms with Gasteiger partial charge in [-0.1, -0.05) is 6.07 Å². The van der Waals surface area contributed by atoms with E-state index in [4.69, 9.17) is 5.73 Å². The van der Waals surface area contributed by atoms with Crippen molar-refractivity contribution in [2.24, 2.45) is 0 Å². The van der Waals surface area contributed by atoms with E-state index >= 15 is 0 Å². The number of rotatable bonds is 3. The molecule has 0 aliphatic heterocycles. The molecule has 34 heavy (non-hydrogen) atoms. The number of carbonyl (C=O) groups excluding carboxylic acids is 1. The summed E-state index contributed by atoms with van der Waals surface area (Å²) in [6, 6.07) is 8.79. The zero-order valence-electron chi connectivity index (χ0n) is 18.0. The summed E-state index contributed by atoms with van der Waals surface area (Å²) >= 11 is 0. The van der Waals surface area contributed by atoms with Gasteiger partial charge in [-0.15, -0.1) is 5.10 Å². The highest BCUT2D eigenvalue weighted by molar-refractivity contribution is 6.01. The van der Waals surface area contributed by atoms with Crippen LogP contribution < -0.4 is 5.73 Å². The number of tetrazole rings is 1. The van der Waals surface area contributed by atoms with Crippen molar-refractivity contribution in [2.75, 3.05) is 5.73 Å². The van der Waals surface area contributed by atoms with Crippen LogP contribution >= 0.6 is 0 Å². The number of carbonyl (C=O) groups is 1. The lowest BCUT2D eigenvalue weighted by Crippen LogP contribution is -2.45. The number of benzene rings is 2. The molecule has 11 heteroatoms. The Hall–Kier alpha value is -3.76. The number of nitrogens with zero attached hydrogens (tertiary/aromatic N) is 6. The first-order valence-corrected chi connectivity index (χ1v) is 11.1. The summed E-state index contributed by atoms with van der Waals surface area (Å²) in [5, 5.41) is 12.1. The summed E-state index contributed by atoms with van der Waals surface area (Å²) in [7, 11) is 0. The van der Waals surface area contributed by atoms with Gasteiger partial charge in [0.25, 0.3) is 5.91 Å². The summed E-state index contributed by atoms with van der Waals surface area (Å²) in [6.45, 7) is 0. The third-order valence-electron chi connectivity index (χ3n) is 6.96. The quantitative estimate of drug-likeness (QED) is 0.489. The number of hydrogen-bond acceptors (Lipinski definition) is 6. The molecule has 2 aromatic carbocycles. The van der Waals surface area contributed by atoms with E-state index in [9.17, 15) is 18.0 Å². The van der Waals surface area contributed by atoms with Gasteiger partial charge in [-0.05, 0) is 84.0 Å². The van der Waals surface area contributed by atoms with E-state index in [1.54, 1.807) is 18.2 Å². The second-order valence-electron chi connectivity index (χ2n) is 8.88. The van der Waals surface area contributed by atoms with Gasteiger partial charge in [-0.2, -0.15) is 17.7 Å². The van der Waals surface area contributed by atoms with Gasteiger partial charge >= 0.3 is 6.18 Å². The lowest BCUT2D eigenvalue weighted by Gasteiger charge is -2.42. The van der Waals surface area contributed by atoms with E-state index in [1.165, 1.54) is 16.6 Å². The molecule has 2 heterocycles. The Morgan fingerprint density at radius 3 is 2.68 bits per heavy atom. The van der Waals surface area contributed by atoms with Crippen LogP contribution in [0.4, 0.5) is 19.1 Å². The molecular weight excluding hydrogens is 447 g/mol. The van der Waals surface area contributed by atoms with Crippen molar-refractivity contribution in [3.8, 4) is 0 Å². The predicted molar refractivity (Wildman–Crippen MR) is 117 cm³/mol. The number of anilines is 1. The lowest BCUT2D eigenvalue weighted by atomic mass is 9.88. The molecule has 2 aliphatic rings. The smallest absolute Gasteiger partial charge is 0.368 e. The van der Waals surface area contributed by atoms with Crippen LogP contribution in [-0.4, -0.2) is 41.9 Å². The molecule has 0 spiro atoms. The molecule has 4 aromatic rings. The minimum atomic E-state index is -4.39. The fourth-order valence-corrected chi connectivity index (χ4v) is 5.06. The Morgan fingerprint density at radius 1 is 1.12 bits per heavy atom. The molecule has 0 saturated heterocycles. The third kappa shape index (κ3) is 3.17. The Labute approximate surface area is 191 Å². The van der Waals surface area contributed by atoms with Crippen LogP contribution in [0.15, 0.2) is 36.4 Å². The molecule has 1 atom stereocenters.